The van der Waals surface area contributed by atoms with E-state index >= 15 is 0 Å². The average Bonchev–Trinajstić information content (AvgIpc) is 2.63. The third-order valence-corrected chi connectivity index (χ3v) is 6.17. The van der Waals surface area contributed by atoms with Crippen molar-refractivity contribution in [3.8, 4) is 0 Å². The molecule has 2 nitrogen and oxygen atoms in total. The van der Waals surface area contributed by atoms with E-state index in [0.717, 1.165) is 18.9 Å². The van der Waals surface area contributed by atoms with Gasteiger partial charge in [-0.15, -0.1) is 0 Å². The molecule has 1 aliphatic heterocycles. The van der Waals surface area contributed by atoms with Crippen LogP contribution in [0.4, 0.5) is 0 Å². The van der Waals surface area contributed by atoms with Gasteiger partial charge in [-0.2, -0.15) is 0 Å². The summed E-state index contributed by atoms with van der Waals surface area (Å²) < 4.78 is 12.0. The molecular weight excluding hydrogens is 212 g/mol. The highest BCUT2D eigenvalue weighted by atomic mass is 16.7. The first-order valence-electron chi connectivity index (χ1n) is 7.31. The lowest BCUT2D eigenvalue weighted by molar-refractivity contribution is -0.212. The fourth-order valence-corrected chi connectivity index (χ4v) is 4.34. The lowest BCUT2D eigenvalue weighted by Gasteiger charge is -2.40. The van der Waals surface area contributed by atoms with E-state index in [1.54, 1.807) is 0 Å². The molecule has 0 aromatic heterocycles. The van der Waals surface area contributed by atoms with Gasteiger partial charge < -0.3 is 9.47 Å². The Kier molecular flexibility index (Phi) is 2.79. The van der Waals surface area contributed by atoms with Gasteiger partial charge in [-0.05, 0) is 55.3 Å². The van der Waals surface area contributed by atoms with Crippen LogP contribution in [0.15, 0.2) is 0 Å². The fourth-order valence-electron chi connectivity index (χ4n) is 4.34. The number of fused-ring (bicyclic) bond motifs is 2. The molecular formula is C15H26O2. The second-order valence-corrected chi connectivity index (χ2v) is 7.03. The average molecular weight is 238 g/mol. The van der Waals surface area contributed by atoms with Crippen LogP contribution in [-0.4, -0.2) is 19.0 Å². The summed E-state index contributed by atoms with van der Waals surface area (Å²) in [6, 6.07) is 0. The Morgan fingerprint density at radius 2 is 1.94 bits per heavy atom. The highest BCUT2D eigenvalue weighted by Gasteiger charge is 2.62. The smallest absolute Gasteiger partial charge is 0.157 e. The standard InChI is InChI=1S/C15H26O2/c1-14(2)11-7-8-15(14,3)12(10-11)17-13-6-4-5-9-16-13/h11-13H,4-10H2,1-3H3. The lowest BCUT2D eigenvalue weighted by Crippen LogP contribution is -2.40. The van der Waals surface area contributed by atoms with Gasteiger partial charge in [-0.3, -0.25) is 0 Å². The summed E-state index contributed by atoms with van der Waals surface area (Å²) in [5.41, 5.74) is 0.824. The van der Waals surface area contributed by atoms with Crippen LogP contribution < -0.4 is 0 Å². The van der Waals surface area contributed by atoms with Crippen molar-refractivity contribution in [3.63, 3.8) is 0 Å². The molecule has 1 saturated heterocycles. The first-order valence-corrected chi connectivity index (χ1v) is 7.31. The van der Waals surface area contributed by atoms with E-state index < -0.39 is 0 Å². The van der Waals surface area contributed by atoms with Crippen molar-refractivity contribution in [1.82, 2.24) is 0 Å². The summed E-state index contributed by atoms with van der Waals surface area (Å²) in [6.07, 6.45) is 8.06. The molecule has 2 heteroatoms. The van der Waals surface area contributed by atoms with Gasteiger partial charge in [0.25, 0.3) is 0 Å². The molecule has 0 N–H and O–H groups in total. The molecule has 3 fully saturated rings. The van der Waals surface area contributed by atoms with E-state index in [-0.39, 0.29) is 6.29 Å². The zero-order valence-corrected chi connectivity index (χ0v) is 11.5. The number of rotatable bonds is 2. The molecule has 2 bridgehead atoms. The highest BCUT2D eigenvalue weighted by molar-refractivity contribution is 5.11. The molecule has 2 saturated carbocycles. The number of hydrogen-bond acceptors (Lipinski definition) is 2. The molecule has 0 amide bonds. The van der Waals surface area contributed by atoms with E-state index in [1.807, 2.05) is 0 Å². The Morgan fingerprint density at radius 1 is 1.12 bits per heavy atom. The molecule has 2 aliphatic carbocycles. The van der Waals surface area contributed by atoms with Gasteiger partial charge in [-0.25, -0.2) is 0 Å². The summed E-state index contributed by atoms with van der Waals surface area (Å²) in [7, 11) is 0. The molecule has 98 valence electrons. The summed E-state index contributed by atoms with van der Waals surface area (Å²) in [4.78, 5) is 0. The molecule has 4 unspecified atom stereocenters. The van der Waals surface area contributed by atoms with Crippen LogP contribution in [0.2, 0.25) is 0 Å². The van der Waals surface area contributed by atoms with E-state index in [0.29, 0.717) is 16.9 Å². The summed E-state index contributed by atoms with van der Waals surface area (Å²) in [5.74, 6) is 0.862. The summed E-state index contributed by atoms with van der Waals surface area (Å²) in [5, 5.41) is 0. The van der Waals surface area contributed by atoms with Crippen molar-refractivity contribution in [2.45, 2.75) is 71.7 Å². The van der Waals surface area contributed by atoms with Gasteiger partial charge in [0, 0.05) is 6.61 Å². The Labute approximate surface area is 105 Å². The Balaban J connectivity index is 1.69. The van der Waals surface area contributed by atoms with Crippen LogP contribution in [0.3, 0.4) is 0 Å². The van der Waals surface area contributed by atoms with Gasteiger partial charge >= 0.3 is 0 Å². The third kappa shape index (κ3) is 1.67. The maximum Gasteiger partial charge on any atom is 0.157 e. The minimum atomic E-state index is 0.0840. The molecule has 4 atom stereocenters. The predicted molar refractivity (Wildman–Crippen MR) is 67.7 cm³/mol. The van der Waals surface area contributed by atoms with Crippen molar-refractivity contribution in [3.05, 3.63) is 0 Å². The van der Waals surface area contributed by atoms with E-state index in [2.05, 4.69) is 20.8 Å². The van der Waals surface area contributed by atoms with Crippen molar-refractivity contribution < 1.29 is 9.47 Å². The van der Waals surface area contributed by atoms with E-state index in [9.17, 15) is 0 Å². The quantitative estimate of drug-likeness (QED) is 0.729. The van der Waals surface area contributed by atoms with Crippen molar-refractivity contribution in [2.75, 3.05) is 6.61 Å². The second-order valence-electron chi connectivity index (χ2n) is 7.03. The molecule has 0 aromatic rings. The number of ether oxygens (including phenoxy) is 2. The highest BCUT2D eigenvalue weighted by Crippen LogP contribution is 2.66. The Bertz CT molecular complexity index is 293. The SMILES string of the molecule is CC1(C)C2CCC1(C)C(OC1CCCCO1)C2. The maximum atomic E-state index is 6.30. The molecule has 3 rings (SSSR count). The second kappa shape index (κ2) is 3.96. The van der Waals surface area contributed by atoms with Gasteiger partial charge in [0.15, 0.2) is 6.29 Å². The number of hydrogen-bond donors (Lipinski definition) is 0. The van der Waals surface area contributed by atoms with Crippen molar-refractivity contribution in [1.29, 1.82) is 0 Å². The largest absolute Gasteiger partial charge is 0.353 e. The maximum absolute atomic E-state index is 6.30. The van der Waals surface area contributed by atoms with Crippen molar-refractivity contribution >= 4 is 0 Å². The molecule has 0 radical (unpaired) electrons. The summed E-state index contributed by atoms with van der Waals surface area (Å²) >= 11 is 0. The van der Waals surface area contributed by atoms with Crippen LogP contribution in [0.1, 0.15) is 59.3 Å². The van der Waals surface area contributed by atoms with Crippen molar-refractivity contribution in [2.24, 2.45) is 16.7 Å². The minimum absolute atomic E-state index is 0.0840. The van der Waals surface area contributed by atoms with Gasteiger partial charge in [0.1, 0.15) is 0 Å². The normalized spacial score (nSPS) is 48.5. The summed E-state index contributed by atoms with van der Waals surface area (Å²) in [6.45, 7) is 8.21. The van der Waals surface area contributed by atoms with Gasteiger partial charge in [-0.1, -0.05) is 20.8 Å². The van der Waals surface area contributed by atoms with Crippen LogP contribution >= 0.6 is 0 Å². The molecule has 3 aliphatic rings. The Hall–Kier alpha value is -0.0800. The van der Waals surface area contributed by atoms with Crippen LogP contribution in [0.25, 0.3) is 0 Å². The van der Waals surface area contributed by atoms with Gasteiger partial charge in [0.05, 0.1) is 6.10 Å². The van der Waals surface area contributed by atoms with Crippen LogP contribution in [0, 0.1) is 16.7 Å². The molecule has 17 heavy (non-hydrogen) atoms. The predicted octanol–water partition coefficient (Wildman–Crippen LogP) is 3.74. The monoisotopic (exact) mass is 238 g/mol. The zero-order chi connectivity index (χ0) is 12.1. The minimum Gasteiger partial charge on any atom is -0.353 e. The molecule has 0 aromatic carbocycles. The third-order valence-electron chi connectivity index (χ3n) is 6.17. The van der Waals surface area contributed by atoms with Gasteiger partial charge in [0.2, 0.25) is 0 Å². The zero-order valence-electron chi connectivity index (χ0n) is 11.5. The fraction of sp³-hybridized carbons (Fsp3) is 1.00. The molecule has 0 spiro atoms. The molecule has 1 heterocycles. The topological polar surface area (TPSA) is 18.5 Å². The van der Waals surface area contributed by atoms with E-state index in [1.165, 1.54) is 32.1 Å². The lowest BCUT2D eigenvalue weighted by atomic mass is 9.70. The first kappa shape index (κ1) is 12.0. The van der Waals surface area contributed by atoms with Crippen LogP contribution in [0.5, 0.6) is 0 Å². The first-order chi connectivity index (χ1) is 8.04. The van der Waals surface area contributed by atoms with Crippen LogP contribution in [-0.2, 0) is 9.47 Å². The Morgan fingerprint density at radius 3 is 2.47 bits per heavy atom. The van der Waals surface area contributed by atoms with E-state index in [4.69, 9.17) is 9.47 Å².